The molecular weight excluding hydrogens is 262 g/mol. The van der Waals surface area contributed by atoms with Gasteiger partial charge in [-0.3, -0.25) is 14.4 Å². The third-order valence-corrected chi connectivity index (χ3v) is 3.86. The largest absolute Gasteiger partial charge is 0.481 e. The maximum atomic E-state index is 12.0. The average Bonchev–Trinajstić information content (AvgIpc) is 2.43. The Morgan fingerprint density at radius 1 is 1.35 bits per heavy atom. The molecule has 7 nitrogen and oxygen atoms in total. The summed E-state index contributed by atoms with van der Waals surface area (Å²) in [5, 5.41) is 17.0. The Balaban J connectivity index is 2.70. The number of carbonyl (C=O) groups is 3. The summed E-state index contributed by atoms with van der Waals surface area (Å²) in [6, 6.07) is 0. The predicted molar refractivity (Wildman–Crippen MR) is 73.1 cm³/mol. The minimum absolute atomic E-state index is 0.0604. The molecule has 2 N–H and O–H groups in total. The molecule has 112 valence electrons. The van der Waals surface area contributed by atoms with Crippen LogP contribution in [0, 0.1) is 5.41 Å². The van der Waals surface area contributed by atoms with Gasteiger partial charge in [-0.2, -0.15) is 5.10 Å². The van der Waals surface area contributed by atoms with Gasteiger partial charge in [0.05, 0.1) is 5.41 Å². The Morgan fingerprint density at radius 3 is 2.40 bits per heavy atom. The van der Waals surface area contributed by atoms with Crippen molar-refractivity contribution in [2.24, 2.45) is 10.5 Å². The molecule has 7 heteroatoms. The molecule has 0 aromatic rings. The summed E-state index contributed by atoms with van der Waals surface area (Å²) in [5.74, 6) is -1.46. The fourth-order valence-electron chi connectivity index (χ4n) is 2.06. The third kappa shape index (κ3) is 3.34. The zero-order valence-electron chi connectivity index (χ0n) is 12.1. The Hall–Kier alpha value is -1.92. The first-order chi connectivity index (χ1) is 9.36. The molecule has 20 heavy (non-hydrogen) atoms. The minimum Gasteiger partial charge on any atom is -0.481 e. The number of nitrogens with one attached hydrogen (secondary N) is 1. The van der Waals surface area contributed by atoms with Gasteiger partial charge in [-0.15, -0.1) is 0 Å². The van der Waals surface area contributed by atoms with E-state index in [1.165, 1.54) is 7.05 Å². The molecule has 0 aromatic heterocycles. The van der Waals surface area contributed by atoms with Crippen molar-refractivity contribution in [2.75, 3.05) is 13.6 Å². The Kier molecular flexibility index (Phi) is 5.24. The molecule has 0 radical (unpaired) electrons. The summed E-state index contributed by atoms with van der Waals surface area (Å²) in [5.41, 5.74) is -0.689. The van der Waals surface area contributed by atoms with Gasteiger partial charge in [0, 0.05) is 26.4 Å². The highest BCUT2D eigenvalue weighted by atomic mass is 16.4. The zero-order valence-corrected chi connectivity index (χ0v) is 12.1. The van der Waals surface area contributed by atoms with Crippen LogP contribution in [0.4, 0.5) is 0 Å². The molecule has 0 saturated carbocycles. The molecule has 0 bridgehead atoms. The SMILES string of the molecule is CCC(CC)(CNC(=O)C1=NN(C)C(=O)CC1)C(=O)O. The Morgan fingerprint density at radius 2 is 1.95 bits per heavy atom. The predicted octanol–water partition coefficient (Wildman–Crippen LogP) is 0.602. The van der Waals surface area contributed by atoms with Gasteiger partial charge in [-0.05, 0) is 12.8 Å². The maximum absolute atomic E-state index is 12.0. The topological polar surface area (TPSA) is 99.1 Å². The number of rotatable bonds is 6. The zero-order chi connectivity index (χ0) is 15.3. The molecule has 1 aliphatic heterocycles. The summed E-state index contributed by atoms with van der Waals surface area (Å²) in [6.45, 7) is 3.63. The smallest absolute Gasteiger partial charge is 0.311 e. The number of amides is 2. The van der Waals surface area contributed by atoms with Gasteiger partial charge >= 0.3 is 5.97 Å². The summed E-state index contributed by atoms with van der Waals surface area (Å²) in [4.78, 5) is 34.6. The fourth-order valence-corrected chi connectivity index (χ4v) is 2.06. The number of hydrogen-bond donors (Lipinski definition) is 2. The van der Waals surface area contributed by atoms with E-state index in [9.17, 15) is 19.5 Å². The van der Waals surface area contributed by atoms with Crippen molar-refractivity contribution in [1.29, 1.82) is 0 Å². The number of hydrogen-bond acceptors (Lipinski definition) is 4. The Bertz CT molecular complexity index is 441. The second kappa shape index (κ2) is 6.49. The van der Waals surface area contributed by atoms with E-state index in [4.69, 9.17) is 0 Å². The van der Waals surface area contributed by atoms with Gasteiger partial charge in [-0.1, -0.05) is 13.8 Å². The highest BCUT2D eigenvalue weighted by Gasteiger charge is 2.35. The van der Waals surface area contributed by atoms with Gasteiger partial charge in [-0.25, -0.2) is 5.01 Å². The van der Waals surface area contributed by atoms with E-state index < -0.39 is 17.3 Å². The first kappa shape index (κ1) is 16.1. The Labute approximate surface area is 118 Å². The molecule has 0 fully saturated rings. The average molecular weight is 283 g/mol. The van der Waals surface area contributed by atoms with E-state index >= 15 is 0 Å². The van der Waals surface area contributed by atoms with Crippen LogP contribution >= 0.6 is 0 Å². The van der Waals surface area contributed by atoms with Gasteiger partial charge in [0.15, 0.2) is 0 Å². The highest BCUT2D eigenvalue weighted by molar-refractivity contribution is 6.39. The van der Waals surface area contributed by atoms with Crippen LogP contribution < -0.4 is 5.32 Å². The third-order valence-electron chi connectivity index (χ3n) is 3.86. The number of hydrazone groups is 1. The fraction of sp³-hybridized carbons (Fsp3) is 0.692. The van der Waals surface area contributed by atoms with Crippen molar-refractivity contribution < 1.29 is 19.5 Å². The quantitative estimate of drug-likeness (QED) is 0.745. The van der Waals surface area contributed by atoms with Crippen molar-refractivity contribution in [2.45, 2.75) is 39.5 Å². The van der Waals surface area contributed by atoms with Gasteiger partial charge in [0.2, 0.25) is 5.91 Å². The first-order valence-corrected chi connectivity index (χ1v) is 6.72. The van der Waals surface area contributed by atoms with E-state index in [1.54, 1.807) is 13.8 Å². The van der Waals surface area contributed by atoms with Crippen molar-refractivity contribution in [3.05, 3.63) is 0 Å². The number of carboxylic acid groups (broad SMARTS) is 1. The van der Waals surface area contributed by atoms with Crippen LogP contribution in [0.25, 0.3) is 0 Å². The van der Waals surface area contributed by atoms with Crippen LogP contribution in [0.2, 0.25) is 0 Å². The maximum Gasteiger partial charge on any atom is 0.311 e. The van der Waals surface area contributed by atoms with Crippen molar-refractivity contribution >= 4 is 23.5 Å². The molecular formula is C13H21N3O4. The summed E-state index contributed by atoms with van der Waals surface area (Å²) in [7, 11) is 1.49. The number of carbonyl (C=O) groups excluding carboxylic acids is 2. The van der Waals surface area contributed by atoms with Crippen LogP contribution in [0.15, 0.2) is 5.10 Å². The van der Waals surface area contributed by atoms with Crippen molar-refractivity contribution in [3.63, 3.8) is 0 Å². The lowest BCUT2D eigenvalue weighted by atomic mass is 9.82. The second-order valence-electron chi connectivity index (χ2n) is 4.94. The van der Waals surface area contributed by atoms with Gasteiger partial charge < -0.3 is 10.4 Å². The first-order valence-electron chi connectivity index (χ1n) is 6.72. The standard InChI is InChI=1S/C13H21N3O4/c1-4-13(5-2,12(19)20)8-14-11(18)9-6-7-10(17)16(3)15-9/h4-8H2,1-3H3,(H,14,18)(H,19,20). The highest BCUT2D eigenvalue weighted by Crippen LogP contribution is 2.25. The molecule has 0 unspecified atom stereocenters. The van der Waals surface area contributed by atoms with E-state index in [0.717, 1.165) is 5.01 Å². The number of carboxylic acids is 1. The molecule has 1 aliphatic rings. The van der Waals surface area contributed by atoms with E-state index in [2.05, 4.69) is 10.4 Å². The summed E-state index contributed by atoms with van der Waals surface area (Å²) in [6.07, 6.45) is 1.40. The molecule has 2 amide bonds. The van der Waals surface area contributed by atoms with Gasteiger partial charge in [0.1, 0.15) is 5.71 Å². The van der Waals surface area contributed by atoms with E-state index in [1.807, 2.05) is 0 Å². The number of aliphatic carboxylic acids is 1. The van der Waals surface area contributed by atoms with Crippen LogP contribution in [-0.2, 0) is 14.4 Å². The van der Waals surface area contributed by atoms with E-state index in [0.29, 0.717) is 12.8 Å². The van der Waals surface area contributed by atoms with Crippen molar-refractivity contribution in [1.82, 2.24) is 10.3 Å². The second-order valence-corrected chi connectivity index (χ2v) is 4.94. The molecule has 1 rings (SSSR count). The lowest BCUT2D eigenvalue weighted by Gasteiger charge is -2.27. The normalized spacial score (nSPS) is 15.8. The molecule has 0 aliphatic carbocycles. The van der Waals surface area contributed by atoms with Crippen LogP contribution in [-0.4, -0.2) is 47.2 Å². The van der Waals surface area contributed by atoms with Gasteiger partial charge in [0.25, 0.3) is 5.91 Å². The molecule has 0 spiro atoms. The lowest BCUT2D eigenvalue weighted by Crippen LogP contribution is -2.45. The van der Waals surface area contributed by atoms with Crippen molar-refractivity contribution in [3.8, 4) is 0 Å². The lowest BCUT2D eigenvalue weighted by molar-refractivity contribution is -0.149. The van der Waals surface area contributed by atoms with Crippen LogP contribution in [0.1, 0.15) is 39.5 Å². The molecule has 0 atom stereocenters. The minimum atomic E-state index is -0.952. The molecule has 1 heterocycles. The molecule has 0 aromatic carbocycles. The van der Waals surface area contributed by atoms with Crippen LogP contribution in [0.3, 0.4) is 0 Å². The molecule has 0 saturated heterocycles. The van der Waals surface area contributed by atoms with E-state index in [-0.39, 0.29) is 31.0 Å². The monoisotopic (exact) mass is 283 g/mol. The summed E-state index contributed by atoms with van der Waals surface area (Å²) < 4.78 is 0. The summed E-state index contributed by atoms with van der Waals surface area (Å²) >= 11 is 0. The number of nitrogens with zero attached hydrogens (tertiary/aromatic N) is 2. The van der Waals surface area contributed by atoms with Crippen LogP contribution in [0.5, 0.6) is 0 Å².